The van der Waals surface area contributed by atoms with Gasteiger partial charge in [0.05, 0.1) is 12.5 Å². The number of ether oxygens (including phenoxy) is 1. The highest BCUT2D eigenvalue weighted by atomic mass is 32.2. The molecule has 0 aromatic rings. The first-order chi connectivity index (χ1) is 10.0. The van der Waals surface area contributed by atoms with Crippen molar-refractivity contribution in [1.82, 2.24) is 10.2 Å². The van der Waals surface area contributed by atoms with E-state index in [1.165, 1.54) is 0 Å². The number of aliphatic carboxylic acids is 1. The molecule has 0 aromatic carbocycles. The average Bonchev–Trinajstić information content (AvgIpc) is 2.46. The van der Waals surface area contributed by atoms with Gasteiger partial charge in [-0.1, -0.05) is 6.92 Å². The van der Waals surface area contributed by atoms with Crippen LogP contribution in [0.25, 0.3) is 0 Å². The molecule has 2 heterocycles. The van der Waals surface area contributed by atoms with Gasteiger partial charge in [-0.15, -0.1) is 0 Å². The summed E-state index contributed by atoms with van der Waals surface area (Å²) in [6.45, 7) is 4.90. The highest BCUT2D eigenvalue weighted by Gasteiger charge is 2.32. The van der Waals surface area contributed by atoms with E-state index in [0.717, 1.165) is 31.8 Å². The molecule has 2 amide bonds. The second-order valence-electron chi connectivity index (χ2n) is 6.10. The van der Waals surface area contributed by atoms with Gasteiger partial charge >= 0.3 is 12.0 Å². The fourth-order valence-electron chi connectivity index (χ4n) is 2.72. The number of carbonyl (C=O) groups excluding carboxylic acids is 1. The van der Waals surface area contributed by atoms with E-state index < -0.39 is 5.97 Å². The highest BCUT2D eigenvalue weighted by Crippen LogP contribution is 2.29. The van der Waals surface area contributed by atoms with Gasteiger partial charge in [0.2, 0.25) is 0 Å². The Morgan fingerprint density at radius 1 is 1.43 bits per heavy atom. The summed E-state index contributed by atoms with van der Waals surface area (Å²) in [6, 6.07) is -0.335. The zero-order valence-electron chi connectivity index (χ0n) is 12.5. The van der Waals surface area contributed by atoms with Crippen LogP contribution in [0.3, 0.4) is 0 Å². The molecular formula is C14H24N2O4S. The molecule has 120 valence electrons. The normalized spacial score (nSPS) is 25.4. The van der Waals surface area contributed by atoms with Gasteiger partial charge in [-0.25, -0.2) is 4.79 Å². The molecule has 2 aliphatic rings. The minimum Gasteiger partial charge on any atom is -0.481 e. The molecule has 1 unspecified atom stereocenters. The molecule has 2 aliphatic heterocycles. The summed E-state index contributed by atoms with van der Waals surface area (Å²) in [5, 5.41) is 12.0. The first-order valence-electron chi connectivity index (χ1n) is 7.42. The minimum absolute atomic E-state index is 0.0194. The van der Waals surface area contributed by atoms with E-state index >= 15 is 0 Å². The maximum absolute atomic E-state index is 12.4. The van der Waals surface area contributed by atoms with Crippen LogP contribution in [-0.2, 0) is 9.53 Å². The Kier molecular flexibility index (Phi) is 5.75. The zero-order valence-corrected chi connectivity index (χ0v) is 13.3. The van der Waals surface area contributed by atoms with E-state index in [-0.39, 0.29) is 23.9 Å². The summed E-state index contributed by atoms with van der Waals surface area (Å²) in [6.07, 6.45) is 1.91. The van der Waals surface area contributed by atoms with Crippen molar-refractivity contribution >= 4 is 23.8 Å². The molecule has 0 aromatic heterocycles. The van der Waals surface area contributed by atoms with Crippen molar-refractivity contribution in [2.24, 2.45) is 5.41 Å². The van der Waals surface area contributed by atoms with E-state index in [1.54, 1.807) is 16.7 Å². The van der Waals surface area contributed by atoms with Crippen LogP contribution in [-0.4, -0.2) is 65.9 Å². The Balaban J connectivity index is 1.86. The Bertz CT molecular complexity index is 385. The minimum atomic E-state index is -0.850. The summed E-state index contributed by atoms with van der Waals surface area (Å²) >= 11 is 1.71. The monoisotopic (exact) mass is 316 g/mol. The number of hydrogen-bond donors (Lipinski definition) is 2. The highest BCUT2D eigenvalue weighted by molar-refractivity contribution is 7.99. The van der Waals surface area contributed by atoms with Gasteiger partial charge in [-0.3, -0.25) is 4.79 Å². The number of carboxylic acid groups (broad SMARTS) is 1. The predicted molar refractivity (Wildman–Crippen MR) is 81.6 cm³/mol. The SMILES string of the molecule is CC1(CNC(=O)N2CCSCC2CC(=O)O)CCOCC1. The standard InChI is InChI=1S/C14H24N2O4S/c1-14(2-5-20-6-3-14)10-15-13(19)16-4-7-21-9-11(16)8-12(17)18/h11H,2-10H2,1H3,(H,15,19)(H,17,18). The number of hydrogen-bond acceptors (Lipinski definition) is 4. The smallest absolute Gasteiger partial charge is 0.317 e. The Morgan fingerprint density at radius 2 is 2.14 bits per heavy atom. The van der Waals surface area contributed by atoms with Crippen LogP contribution in [0.4, 0.5) is 4.79 Å². The summed E-state index contributed by atoms with van der Waals surface area (Å²) in [5.41, 5.74) is 0.0841. The van der Waals surface area contributed by atoms with E-state index in [0.29, 0.717) is 18.8 Å². The Labute approximate surface area is 129 Å². The third-order valence-corrected chi connectivity index (χ3v) is 5.36. The van der Waals surface area contributed by atoms with Crippen molar-refractivity contribution in [1.29, 1.82) is 0 Å². The molecule has 2 fully saturated rings. The fourth-order valence-corrected chi connectivity index (χ4v) is 3.79. The largest absolute Gasteiger partial charge is 0.481 e. The third-order valence-electron chi connectivity index (χ3n) is 4.26. The molecule has 0 saturated carbocycles. The third kappa shape index (κ3) is 4.78. The molecule has 0 aliphatic carbocycles. The van der Waals surface area contributed by atoms with E-state index in [2.05, 4.69) is 12.2 Å². The lowest BCUT2D eigenvalue weighted by atomic mass is 9.82. The molecule has 2 saturated heterocycles. The van der Waals surface area contributed by atoms with Crippen LogP contribution >= 0.6 is 11.8 Å². The summed E-state index contributed by atoms with van der Waals surface area (Å²) in [5.74, 6) is 0.719. The molecule has 21 heavy (non-hydrogen) atoms. The number of urea groups is 1. The predicted octanol–water partition coefficient (Wildman–Crippen LogP) is 1.40. The van der Waals surface area contributed by atoms with Gasteiger partial charge in [-0.05, 0) is 18.3 Å². The van der Waals surface area contributed by atoms with Crippen LogP contribution in [0.5, 0.6) is 0 Å². The van der Waals surface area contributed by atoms with Crippen LogP contribution in [0.1, 0.15) is 26.2 Å². The first kappa shape index (κ1) is 16.4. The molecule has 6 nitrogen and oxygen atoms in total. The number of nitrogens with one attached hydrogen (secondary N) is 1. The number of carboxylic acids is 1. The van der Waals surface area contributed by atoms with Crippen LogP contribution in [0.2, 0.25) is 0 Å². The van der Waals surface area contributed by atoms with Crippen molar-refractivity contribution in [3.05, 3.63) is 0 Å². The van der Waals surface area contributed by atoms with Gasteiger partial charge in [0.25, 0.3) is 0 Å². The second-order valence-corrected chi connectivity index (χ2v) is 7.25. The number of amides is 2. The molecule has 1 atom stereocenters. The van der Waals surface area contributed by atoms with Gasteiger partial charge in [0.1, 0.15) is 0 Å². The summed E-state index contributed by atoms with van der Waals surface area (Å²) < 4.78 is 5.36. The maximum atomic E-state index is 12.4. The quantitative estimate of drug-likeness (QED) is 0.820. The fraction of sp³-hybridized carbons (Fsp3) is 0.857. The lowest BCUT2D eigenvalue weighted by Crippen LogP contribution is -2.53. The maximum Gasteiger partial charge on any atom is 0.317 e. The zero-order chi connectivity index (χ0) is 15.3. The van der Waals surface area contributed by atoms with Crippen molar-refractivity contribution in [3.63, 3.8) is 0 Å². The number of rotatable bonds is 4. The number of thioether (sulfide) groups is 1. The van der Waals surface area contributed by atoms with E-state index in [1.807, 2.05) is 0 Å². The Morgan fingerprint density at radius 3 is 2.81 bits per heavy atom. The van der Waals surface area contributed by atoms with Crippen molar-refractivity contribution in [3.8, 4) is 0 Å². The Hall–Kier alpha value is -0.950. The summed E-state index contributed by atoms with van der Waals surface area (Å²) in [7, 11) is 0. The molecule has 2 N–H and O–H groups in total. The lowest BCUT2D eigenvalue weighted by Gasteiger charge is -2.37. The molecule has 0 bridgehead atoms. The molecule has 7 heteroatoms. The van der Waals surface area contributed by atoms with Gasteiger partial charge in [0, 0.05) is 37.8 Å². The van der Waals surface area contributed by atoms with E-state index in [4.69, 9.17) is 9.84 Å². The first-order valence-corrected chi connectivity index (χ1v) is 8.57. The van der Waals surface area contributed by atoms with E-state index in [9.17, 15) is 9.59 Å². The molecule has 2 rings (SSSR count). The molecular weight excluding hydrogens is 292 g/mol. The topological polar surface area (TPSA) is 78.9 Å². The van der Waals surface area contributed by atoms with Crippen molar-refractivity contribution in [2.75, 3.05) is 37.8 Å². The number of carbonyl (C=O) groups is 2. The number of nitrogens with zero attached hydrogens (tertiary/aromatic N) is 1. The van der Waals surface area contributed by atoms with Crippen LogP contribution in [0, 0.1) is 5.41 Å². The van der Waals surface area contributed by atoms with Crippen molar-refractivity contribution in [2.45, 2.75) is 32.2 Å². The van der Waals surface area contributed by atoms with Gasteiger partial charge in [-0.2, -0.15) is 11.8 Å². The second kappa shape index (κ2) is 7.35. The molecule has 0 radical (unpaired) electrons. The molecule has 0 spiro atoms. The van der Waals surface area contributed by atoms with Crippen LogP contribution < -0.4 is 5.32 Å². The van der Waals surface area contributed by atoms with Crippen molar-refractivity contribution < 1.29 is 19.4 Å². The van der Waals surface area contributed by atoms with Gasteiger partial charge < -0.3 is 20.1 Å². The van der Waals surface area contributed by atoms with Crippen LogP contribution in [0.15, 0.2) is 0 Å². The lowest BCUT2D eigenvalue weighted by molar-refractivity contribution is -0.138. The average molecular weight is 316 g/mol. The van der Waals surface area contributed by atoms with Gasteiger partial charge in [0.15, 0.2) is 0 Å². The summed E-state index contributed by atoms with van der Waals surface area (Å²) in [4.78, 5) is 25.0.